The van der Waals surface area contributed by atoms with Gasteiger partial charge in [0.2, 0.25) is 0 Å². The average Bonchev–Trinajstić information content (AvgIpc) is 2.96. The van der Waals surface area contributed by atoms with Crippen molar-refractivity contribution in [2.45, 2.75) is 25.8 Å². The van der Waals surface area contributed by atoms with Crippen molar-refractivity contribution in [3.63, 3.8) is 0 Å². The highest BCUT2D eigenvalue weighted by Crippen LogP contribution is 2.31. The van der Waals surface area contributed by atoms with Crippen LogP contribution in [0.1, 0.15) is 39.6 Å². The molecule has 0 saturated heterocycles. The molecule has 0 spiro atoms. The normalized spacial score (nSPS) is 16.2. The summed E-state index contributed by atoms with van der Waals surface area (Å²) in [5.41, 5.74) is 4.24. The topological polar surface area (TPSA) is 42.0 Å². The molecular formula is C20H17FN2O. The number of nitrogens with zero attached hydrogens (tertiary/aromatic N) is 1. The molecule has 4 rings (SSSR count). The lowest BCUT2D eigenvalue weighted by Gasteiger charge is -2.14. The van der Waals surface area contributed by atoms with Crippen LogP contribution in [0.4, 0.5) is 4.39 Å². The van der Waals surface area contributed by atoms with Gasteiger partial charge in [0, 0.05) is 5.39 Å². The van der Waals surface area contributed by atoms with Gasteiger partial charge in [0.1, 0.15) is 11.5 Å². The van der Waals surface area contributed by atoms with E-state index in [0.29, 0.717) is 5.69 Å². The largest absolute Gasteiger partial charge is 0.344 e. The summed E-state index contributed by atoms with van der Waals surface area (Å²) in [5, 5.41) is 4.09. The average molecular weight is 320 g/mol. The van der Waals surface area contributed by atoms with Gasteiger partial charge in [0.25, 0.3) is 5.91 Å². The van der Waals surface area contributed by atoms with Crippen molar-refractivity contribution in [3.05, 3.63) is 76.7 Å². The van der Waals surface area contributed by atoms with Crippen LogP contribution in [0.15, 0.2) is 48.5 Å². The molecule has 0 bridgehead atoms. The molecule has 1 aliphatic carbocycles. The Morgan fingerprint density at radius 2 is 2.04 bits per heavy atom. The standard InChI is InChI=1S/C20H17FN2O/c1-12-10-19(22-17-5-3-2-4-15(12)17)20(24)23-18-9-6-13-11-14(21)7-8-16(13)18/h2-5,7-8,10-11,18H,6,9H2,1H3,(H,23,24). The van der Waals surface area contributed by atoms with Crippen molar-refractivity contribution in [1.82, 2.24) is 10.3 Å². The number of aromatic nitrogens is 1. The predicted molar refractivity (Wildman–Crippen MR) is 91.4 cm³/mol. The van der Waals surface area contributed by atoms with Crippen LogP contribution >= 0.6 is 0 Å². The molecule has 0 aliphatic heterocycles. The van der Waals surface area contributed by atoms with Crippen LogP contribution in [-0.4, -0.2) is 10.9 Å². The summed E-state index contributed by atoms with van der Waals surface area (Å²) in [7, 11) is 0. The van der Waals surface area contributed by atoms with Crippen LogP contribution in [0.25, 0.3) is 10.9 Å². The van der Waals surface area contributed by atoms with Gasteiger partial charge in [0.15, 0.2) is 0 Å². The van der Waals surface area contributed by atoms with Gasteiger partial charge in [-0.15, -0.1) is 0 Å². The van der Waals surface area contributed by atoms with E-state index < -0.39 is 0 Å². The predicted octanol–water partition coefficient (Wildman–Crippen LogP) is 4.10. The Hall–Kier alpha value is -2.75. The van der Waals surface area contributed by atoms with Gasteiger partial charge in [-0.1, -0.05) is 24.3 Å². The molecule has 4 heteroatoms. The maximum atomic E-state index is 13.3. The van der Waals surface area contributed by atoms with Gasteiger partial charge in [0.05, 0.1) is 11.6 Å². The Bertz CT molecular complexity index is 952. The van der Waals surface area contributed by atoms with E-state index in [2.05, 4.69) is 10.3 Å². The second-order valence-electron chi connectivity index (χ2n) is 6.25. The number of rotatable bonds is 2. The molecule has 1 N–H and O–H groups in total. The van der Waals surface area contributed by atoms with Crippen molar-refractivity contribution >= 4 is 16.8 Å². The molecule has 1 aromatic heterocycles. The molecule has 1 unspecified atom stereocenters. The quantitative estimate of drug-likeness (QED) is 0.772. The van der Waals surface area contributed by atoms with Gasteiger partial charge in [-0.2, -0.15) is 0 Å². The van der Waals surface area contributed by atoms with Gasteiger partial charge in [-0.25, -0.2) is 9.37 Å². The molecule has 24 heavy (non-hydrogen) atoms. The van der Waals surface area contributed by atoms with E-state index in [-0.39, 0.29) is 17.8 Å². The number of pyridine rings is 1. The fourth-order valence-electron chi connectivity index (χ4n) is 3.43. The van der Waals surface area contributed by atoms with Crippen LogP contribution in [0.5, 0.6) is 0 Å². The number of fused-ring (bicyclic) bond motifs is 2. The number of carbonyl (C=O) groups excluding carboxylic acids is 1. The number of nitrogens with one attached hydrogen (secondary N) is 1. The highest BCUT2D eigenvalue weighted by molar-refractivity contribution is 5.96. The molecule has 120 valence electrons. The fraction of sp³-hybridized carbons (Fsp3) is 0.200. The fourth-order valence-corrected chi connectivity index (χ4v) is 3.43. The summed E-state index contributed by atoms with van der Waals surface area (Å²) < 4.78 is 13.3. The molecule has 0 fully saturated rings. The van der Waals surface area contributed by atoms with E-state index in [4.69, 9.17) is 0 Å². The summed E-state index contributed by atoms with van der Waals surface area (Å²) in [6, 6.07) is 14.3. The van der Waals surface area contributed by atoms with Crippen molar-refractivity contribution < 1.29 is 9.18 Å². The van der Waals surface area contributed by atoms with Crippen molar-refractivity contribution in [3.8, 4) is 0 Å². The van der Waals surface area contributed by atoms with E-state index in [0.717, 1.165) is 40.4 Å². The molecule has 1 atom stereocenters. The van der Waals surface area contributed by atoms with Crippen molar-refractivity contribution in [2.24, 2.45) is 0 Å². The first-order chi connectivity index (χ1) is 11.6. The number of benzene rings is 2. The first kappa shape index (κ1) is 14.8. The minimum Gasteiger partial charge on any atom is -0.344 e. The number of hydrogen-bond donors (Lipinski definition) is 1. The van der Waals surface area contributed by atoms with Crippen LogP contribution in [0.2, 0.25) is 0 Å². The molecule has 1 heterocycles. The number of para-hydroxylation sites is 1. The highest BCUT2D eigenvalue weighted by Gasteiger charge is 2.25. The molecule has 1 aliphatic rings. The van der Waals surface area contributed by atoms with Gasteiger partial charge in [-0.05, 0) is 60.7 Å². The Morgan fingerprint density at radius 3 is 2.92 bits per heavy atom. The number of aryl methyl sites for hydroxylation is 2. The first-order valence-corrected chi connectivity index (χ1v) is 8.07. The van der Waals surface area contributed by atoms with E-state index in [9.17, 15) is 9.18 Å². The van der Waals surface area contributed by atoms with Gasteiger partial charge < -0.3 is 5.32 Å². The summed E-state index contributed by atoms with van der Waals surface area (Å²) in [6.45, 7) is 1.98. The second-order valence-corrected chi connectivity index (χ2v) is 6.25. The minimum absolute atomic E-state index is 0.0818. The Kier molecular flexibility index (Phi) is 3.53. The molecular weight excluding hydrogens is 303 g/mol. The van der Waals surface area contributed by atoms with Crippen molar-refractivity contribution in [2.75, 3.05) is 0 Å². The lowest BCUT2D eigenvalue weighted by molar-refractivity contribution is 0.0932. The molecule has 1 amide bonds. The summed E-state index contributed by atoms with van der Waals surface area (Å²) in [6.07, 6.45) is 1.57. The lowest BCUT2D eigenvalue weighted by atomic mass is 10.1. The third-order valence-corrected chi connectivity index (χ3v) is 4.64. The van der Waals surface area contributed by atoms with Crippen LogP contribution < -0.4 is 5.32 Å². The smallest absolute Gasteiger partial charge is 0.270 e. The SMILES string of the molecule is Cc1cc(C(=O)NC2CCc3cc(F)ccc32)nc2ccccc12. The third-order valence-electron chi connectivity index (χ3n) is 4.64. The van der Waals surface area contributed by atoms with E-state index in [1.54, 1.807) is 12.1 Å². The summed E-state index contributed by atoms with van der Waals surface area (Å²) in [4.78, 5) is 17.1. The number of hydrogen-bond acceptors (Lipinski definition) is 2. The van der Waals surface area contributed by atoms with Crippen LogP contribution in [-0.2, 0) is 6.42 Å². The summed E-state index contributed by atoms with van der Waals surface area (Å²) >= 11 is 0. The molecule has 3 nitrogen and oxygen atoms in total. The van der Waals surface area contributed by atoms with E-state index in [1.807, 2.05) is 37.3 Å². The second kappa shape index (κ2) is 5.71. The maximum absolute atomic E-state index is 13.3. The van der Waals surface area contributed by atoms with Gasteiger partial charge >= 0.3 is 0 Å². The van der Waals surface area contributed by atoms with Crippen LogP contribution in [0, 0.1) is 12.7 Å². The molecule has 0 saturated carbocycles. The van der Waals surface area contributed by atoms with Gasteiger partial charge in [-0.3, -0.25) is 4.79 Å². The number of halogens is 1. The van der Waals surface area contributed by atoms with Crippen LogP contribution in [0.3, 0.4) is 0 Å². The maximum Gasteiger partial charge on any atom is 0.270 e. The molecule has 3 aromatic rings. The van der Waals surface area contributed by atoms with E-state index in [1.165, 1.54) is 6.07 Å². The Labute approximate surface area is 139 Å². The van der Waals surface area contributed by atoms with Crippen molar-refractivity contribution in [1.29, 1.82) is 0 Å². The Balaban J connectivity index is 1.62. The zero-order valence-electron chi connectivity index (χ0n) is 13.3. The minimum atomic E-state index is -0.229. The molecule has 2 aromatic carbocycles. The zero-order chi connectivity index (χ0) is 16.7. The third kappa shape index (κ3) is 2.54. The number of carbonyl (C=O) groups is 1. The lowest BCUT2D eigenvalue weighted by Crippen LogP contribution is -2.28. The van der Waals surface area contributed by atoms with E-state index >= 15 is 0 Å². The zero-order valence-corrected chi connectivity index (χ0v) is 13.3. The monoisotopic (exact) mass is 320 g/mol. The summed E-state index contributed by atoms with van der Waals surface area (Å²) in [5.74, 6) is -0.418. The highest BCUT2D eigenvalue weighted by atomic mass is 19.1. The Morgan fingerprint density at radius 1 is 1.21 bits per heavy atom. The first-order valence-electron chi connectivity index (χ1n) is 8.07. The molecule has 0 radical (unpaired) electrons. The number of amides is 1.